The topological polar surface area (TPSA) is 84.0 Å². The molecule has 6 nitrogen and oxygen atoms in total. The van der Waals surface area contributed by atoms with Gasteiger partial charge in [-0.25, -0.2) is 14.4 Å². The van der Waals surface area contributed by atoms with Gasteiger partial charge in [0.1, 0.15) is 11.9 Å². The van der Waals surface area contributed by atoms with Crippen molar-refractivity contribution in [1.82, 2.24) is 15.3 Å². The van der Waals surface area contributed by atoms with Gasteiger partial charge in [-0.1, -0.05) is 60.6 Å². The van der Waals surface area contributed by atoms with E-state index >= 15 is 0 Å². The molecule has 3 aromatic rings. The smallest absolute Gasteiger partial charge is 0.272 e. The molecule has 0 aliphatic carbocycles. The van der Waals surface area contributed by atoms with Crippen molar-refractivity contribution in [3.8, 4) is 0 Å². The van der Waals surface area contributed by atoms with E-state index in [0.29, 0.717) is 10.8 Å². The van der Waals surface area contributed by atoms with Gasteiger partial charge >= 0.3 is 0 Å². The van der Waals surface area contributed by atoms with Gasteiger partial charge in [0.2, 0.25) is 5.91 Å². The largest absolute Gasteiger partial charge is 0.338 e. The standard InChI is InChI=1S/C23H22ClFN4O2S/c1-2-12-32-23-26-14-18(24)20(29-23)22(31)28-19(13-15-6-4-3-5-7-15)21(30)27-17-10-8-16(25)9-11-17/h3-11,14,19H,2,12-13H2,1H3,(H,27,30)(H,28,31). The van der Waals surface area contributed by atoms with Crippen LogP contribution < -0.4 is 10.6 Å². The van der Waals surface area contributed by atoms with Crippen LogP contribution in [-0.4, -0.2) is 33.6 Å². The zero-order valence-corrected chi connectivity index (χ0v) is 18.9. The number of nitrogens with one attached hydrogen (secondary N) is 2. The average molecular weight is 473 g/mol. The lowest BCUT2D eigenvalue weighted by molar-refractivity contribution is -0.118. The number of hydrogen-bond acceptors (Lipinski definition) is 5. The predicted molar refractivity (Wildman–Crippen MR) is 124 cm³/mol. The van der Waals surface area contributed by atoms with Gasteiger partial charge in [0.15, 0.2) is 10.9 Å². The van der Waals surface area contributed by atoms with Crippen LogP contribution in [0.4, 0.5) is 10.1 Å². The number of rotatable bonds is 9. The highest BCUT2D eigenvalue weighted by Crippen LogP contribution is 2.19. The number of carbonyl (C=O) groups excluding carboxylic acids is 2. The first-order valence-electron chi connectivity index (χ1n) is 10.0. The molecule has 166 valence electrons. The first-order chi connectivity index (χ1) is 15.5. The highest BCUT2D eigenvalue weighted by Gasteiger charge is 2.24. The first kappa shape index (κ1) is 23.7. The van der Waals surface area contributed by atoms with Gasteiger partial charge in [0.25, 0.3) is 5.91 Å². The molecule has 2 aromatic carbocycles. The molecule has 1 unspecified atom stereocenters. The predicted octanol–water partition coefficient (Wildman–Crippen LogP) is 4.75. The summed E-state index contributed by atoms with van der Waals surface area (Å²) in [4.78, 5) is 34.3. The van der Waals surface area contributed by atoms with Gasteiger partial charge in [-0.2, -0.15) is 0 Å². The minimum Gasteiger partial charge on any atom is -0.338 e. The second kappa shape index (κ2) is 11.6. The number of amides is 2. The van der Waals surface area contributed by atoms with Crippen molar-refractivity contribution in [3.63, 3.8) is 0 Å². The second-order valence-electron chi connectivity index (χ2n) is 6.91. The van der Waals surface area contributed by atoms with E-state index in [-0.39, 0.29) is 17.1 Å². The fourth-order valence-electron chi connectivity index (χ4n) is 2.82. The first-order valence-corrected chi connectivity index (χ1v) is 11.4. The molecule has 0 saturated carbocycles. The van der Waals surface area contributed by atoms with Gasteiger partial charge in [-0.15, -0.1) is 0 Å². The van der Waals surface area contributed by atoms with E-state index in [0.717, 1.165) is 17.7 Å². The van der Waals surface area contributed by atoms with E-state index < -0.39 is 23.7 Å². The van der Waals surface area contributed by atoms with Crippen molar-refractivity contribution in [1.29, 1.82) is 0 Å². The summed E-state index contributed by atoms with van der Waals surface area (Å²) in [5, 5.41) is 5.98. The SMILES string of the molecule is CCCSc1ncc(Cl)c(C(=O)NC(Cc2ccccc2)C(=O)Nc2ccc(F)cc2)n1. The molecule has 2 N–H and O–H groups in total. The minimum absolute atomic E-state index is 0.00733. The van der Waals surface area contributed by atoms with E-state index in [1.165, 1.54) is 42.2 Å². The number of aromatic nitrogens is 2. The number of anilines is 1. The highest BCUT2D eigenvalue weighted by atomic mass is 35.5. The van der Waals surface area contributed by atoms with Crippen molar-refractivity contribution < 1.29 is 14.0 Å². The van der Waals surface area contributed by atoms with Crippen molar-refractivity contribution in [3.05, 3.63) is 82.9 Å². The van der Waals surface area contributed by atoms with Crippen LogP contribution >= 0.6 is 23.4 Å². The quantitative estimate of drug-likeness (QED) is 0.347. The van der Waals surface area contributed by atoms with Crippen molar-refractivity contribution in [2.24, 2.45) is 0 Å². The molecular weight excluding hydrogens is 451 g/mol. The lowest BCUT2D eigenvalue weighted by Crippen LogP contribution is -2.45. The van der Waals surface area contributed by atoms with Gasteiger partial charge in [0.05, 0.1) is 11.2 Å². The van der Waals surface area contributed by atoms with Crippen LogP contribution in [0.15, 0.2) is 66.0 Å². The third kappa shape index (κ3) is 6.77. The Hall–Kier alpha value is -2.97. The molecule has 2 amide bonds. The van der Waals surface area contributed by atoms with Crippen LogP contribution in [0.25, 0.3) is 0 Å². The summed E-state index contributed by atoms with van der Waals surface area (Å²) in [5.74, 6) is -0.628. The minimum atomic E-state index is -0.910. The summed E-state index contributed by atoms with van der Waals surface area (Å²) in [6.07, 6.45) is 2.56. The molecule has 0 spiro atoms. The fraction of sp³-hybridized carbons (Fsp3) is 0.217. The number of halogens is 2. The Labute approximate surface area is 195 Å². The Balaban J connectivity index is 1.80. The Morgan fingerprint density at radius 1 is 1.12 bits per heavy atom. The number of benzene rings is 2. The maximum atomic E-state index is 13.2. The van der Waals surface area contributed by atoms with E-state index in [9.17, 15) is 14.0 Å². The van der Waals surface area contributed by atoms with Gasteiger partial charge < -0.3 is 10.6 Å². The Morgan fingerprint density at radius 3 is 2.53 bits per heavy atom. The molecule has 0 bridgehead atoms. The Bertz CT molecular complexity index is 1070. The number of thioether (sulfide) groups is 1. The molecule has 0 radical (unpaired) electrons. The molecule has 9 heteroatoms. The molecule has 0 fully saturated rings. The van der Waals surface area contributed by atoms with Crippen LogP contribution in [0, 0.1) is 5.82 Å². The average Bonchev–Trinajstić information content (AvgIpc) is 2.80. The molecule has 0 saturated heterocycles. The van der Waals surface area contributed by atoms with Gasteiger partial charge in [0, 0.05) is 17.9 Å². The van der Waals surface area contributed by atoms with Gasteiger partial charge in [-0.05, 0) is 36.2 Å². The van der Waals surface area contributed by atoms with E-state index in [1.54, 1.807) is 0 Å². The van der Waals surface area contributed by atoms with Crippen molar-refractivity contribution >= 4 is 40.9 Å². The maximum Gasteiger partial charge on any atom is 0.272 e. The van der Waals surface area contributed by atoms with Crippen LogP contribution in [0.2, 0.25) is 5.02 Å². The molecule has 1 aromatic heterocycles. The lowest BCUT2D eigenvalue weighted by Gasteiger charge is -2.19. The molecule has 3 rings (SSSR count). The number of nitrogens with zero attached hydrogens (tertiary/aromatic N) is 2. The lowest BCUT2D eigenvalue weighted by atomic mass is 10.0. The molecule has 32 heavy (non-hydrogen) atoms. The van der Waals surface area contributed by atoms with Crippen LogP contribution in [-0.2, 0) is 11.2 Å². The molecule has 0 aliphatic heterocycles. The molecule has 1 atom stereocenters. The Kier molecular flexibility index (Phi) is 8.58. The summed E-state index contributed by atoms with van der Waals surface area (Å²) in [5.41, 5.74) is 1.29. The van der Waals surface area contributed by atoms with Crippen LogP contribution in [0.1, 0.15) is 29.4 Å². The normalized spacial score (nSPS) is 11.6. The van der Waals surface area contributed by atoms with Crippen LogP contribution in [0.5, 0.6) is 0 Å². The molecule has 0 aliphatic rings. The number of hydrogen-bond donors (Lipinski definition) is 2. The summed E-state index contributed by atoms with van der Waals surface area (Å²) >= 11 is 7.58. The summed E-state index contributed by atoms with van der Waals surface area (Å²) in [6.45, 7) is 2.03. The fourth-order valence-corrected chi connectivity index (χ4v) is 3.67. The van der Waals surface area contributed by atoms with E-state index in [4.69, 9.17) is 11.6 Å². The molecule has 1 heterocycles. The summed E-state index contributed by atoms with van der Waals surface area (Å²) < 4.78 is 13.2. The maximum absolute atomic E-state index is 13.2. The zero-order valence-electron chi connectivity index (χ0n) is 17.3. The third-order valence-corrected chi connectivity index (χ3v) is 5.73. The van der Waals surface area contributed by atoms with Crippen molar-refractivity contribution in [2.75, 3.05) is 11.1 Å². The summed E-state index contributed by atoms with van der Waals surface area (Å²) in [7, 11) is 0. The monoisotopic (exact) mass is 472 g/mol. The number of carbonyl (C=O) groups is 2. The highest BCUT2D eigenvalue weighted by molar-refractivity contribution is 7.99. The molecular formula is C23H22ClFN4O2S. The van der Waals surface area contributed by atoms with Gasteiger partial charge in [-0.3, -0.25) is 9.59 Å². The van der Waals surface area contributed by atoms with E-state index in [1.807, 2.05) is 37.3 Å². The zero-order chi connectivity index (χ0) is 22.9. The third-order valence-electron chi connectivity index (χ3n) is 4.39. The Morgan fingerprint density at radius 2 is 1.84 bits per heavy atom. The second-order valence-corrected chi connectivity index (χ2v) is 8.38. The van der Waals surface area contributed by atoms with E-state index in [2.05, 4.69) is 20.6 Å². The van der Waals surface area contributed by atoms with Crippen molar-refractivity contribution in [2.45, 2.75) is 31.0 Å². The summed E-state index contributed by atoms with van der Waals surface area (Å²) in [6, 6.07) is 13.8. The van der Waals surface area contributed by atoms with Crippen LogP contribution in [0.3, 0.4) is 0 Å².